The van der Waals surface area contributed by atoms with E-state index in [1.54, 1.807) is 0 Å². The standard InChI is InChI=1S/C15H17N3/c1-10-6-5-9-12-13(10)17-15(16)18-14(12)11-7-3-2-4-8-11/h2-4,7-8,10H,5-6,9H2,1H3,(H2,16,17,18). The first-order chi connectivity index (χ1) is 8.75. The SMILES string of the molecule is CC1CCCc2c(-c3ccccc3)nc(N)nc21. The van der Waals surface area contributed by atoms with E-state index in [1.807, 2.05) is 18.2 Å². The lowest BCUT2D eigenvalue weighted by Crippen LogP contribution is -2.14. The summed E-state index contributed by atoms with van der Waals surface area (Å²) in [6.07, 6.45) is 3.46. The molecule has 0 saturated heterocycles. The molecule has 2 N–H and O–H groups in total. The molecule has 3 nitrogen and oxygen atoms in total. The van der Waals surface area contributed by atoms with E-state index in [0.29, 0.717) is 11.9 Å². The molecule has 1 unspecified atom stereocenters. The molecule has 1 aliphatic carbocycles. The van der Waals surface area contributed by atoms with Crippen molar-refractivity contribution >= 4 is 5.95 Å². The van der Waals surface area contributed by atoms with Crippen LogP contribution in [-0.4, -0.2) is 9.97 Å². The minimum absolute atomic E-state index is 0.390. The van der Waals surface area contributed by atoms with Gasteiger partial charge in [-0.25, -0.2) is 9.97 Å². The molecule has 1 aromatic carbocycles. The van der Waals surface area contributed by atoms with Gasteiger partial charge in [-0.15, -0.1) is 0 Å². The number of nitrogens with zero attached hydrogens (tertiary/aromatic N) is 2. The molecule has 0 radical (unpaired) electrons. The molecule has 92 valence electrons. The quantitative estimate of drug-likeness (QED) is 0.831. The highest BCUT2D eigenvalue weighted by molar-refractivity contribution is 5.65. The minimum Gasteiger partial charge on any atom is -0.368 e. The molecule has 0 saturated carbocycles. The number of aromatic nitrogens is 2. The molecule has 18 heavy (non-hydrogen) atoms. The van der Waals surface area contributed by atoms with E-state index < -0.39 is 0 Å². The first-order valence-corrected chi connectivity index (χ1v) is 6.47. The van der Waals surface area contributed by atoms with Crippen molar-refractivity contribution in [3.05, 3.63) is 41.6 Å². The smallest absolute Gasteiger partial charge is 0.220 e. The van der Waals surface area contributed by atoms with Crippen LogP contribution in [0, 0.1) is 0 Å². The average molecular weight is 239 g/mol. The van der Waals surface area contributed by atoms with Crippen LogP contribution in [0.5, 0.6) is 0 Å². The predicted molar refractivity (Wildman–Crippen MR) is 73.2 cm³/mol. The second kappa shape index (κ2) is 4.41. The van der Waals surface area contributed by atoms with E-state index in [-0.39, 0.29) is 0 Å². The van der Waals surface area contributed by atoms with Crippen LogP contribution in [0.25, 0.3) is 11.3 Å². The van der Waals surface area contributed by atoms with Gasteiger partial charge in [0.05, 0.1) is 11.4 Å². The predicted octanol–water partition coefficient (Wildman–Crippen LogP) is 3.17. The number of rotatable bonds is 1. The molecule has 1 atom stereocenters. The van der Waals surface area contributed by atoms with Gasteiger partial charge in [0.2, 0.25) is 5.95 Å². The zero-order valence-electron chi connectivity index (χ0n) is 10.6. The van der Waals surface area contributed by atoms with Crippen LogP contribution in [-0.2, 0) is 6.42 Å². The molecule has 1 aromatic heterocycles. The van der Waals surface area contributed by atoms with Gasteiger partial charge in [0.1, 0.15) is 0 Å². The van der Waals surface area contributed by atoms with Gasteiger partial charge in [-0.1, -0.05) is 37.3 Å². The van der Waals surface area contributed by atoms with Crippen molar-refractivity contribution in [2.75, 3.05) is 5.73 Å². The van der Waals surface area contributed by atoms with E-state index in [9.17, 15) is 0 Å². The maximum absolute atomic E-state index is 5.86. The van der Waals surface area contributed by atoms with Crippen molar-refractivity contribution in [1.82, 2.24) is 9.97 Å². The van der Waals surface area contributed by atoms with Crippen LogP contribution in [0.4, 0.5) is 5.95 Å². The van der Waals surface area contributed by atoms with Gasteiger partial charge >= 0.3 is 0 Å². The molecule has 1 heterocycles. The first-order valence-electron chi connectivity index (χ1n) is 6.47. The first kappa shape index (κ1) is 11.2. The van der Waals surface area contributed by atoms with E-state index in [0.717, 1.165) is 23.4 Å². The van der Waals surface area contributed by atoms with Crippen molar-refractivity contribution < 1.29 is 0 Å². The number of hydrogen-bond acceptors (Lipinski definition) is 3. The lowest BCUT2D eigenvalue weighted by atomic mass is 9.86. The Bertz CT molecular complexity index is 563. The molecule has 1 aliphatic rings. The topological polar surface area (TPSA) is 51.8 Å². The minimum atomic E-state index is 0.390. The molecule has 2 aromatic rings. The Balaban J connectivity index is 2.21. The average Bonchev–Trinajstić information content (AvgIpc) is 2.40. The molecule has 0 spiro atoms. The number of nitrogens with two attached hydrogens (primary N) is 1. The summed E-state index contributed by atoms with van der Waals surface area (Å²) in [5.41, 5.74) is 10.4. The molecule has 0 bridgehead atoms. The largest absolute Gasteiger partial charge is 0.368 e. The third-order valence-corrected chi connectivity index (χ3v) is 3.63. The summed E-state index contributed by atoms with van der Waals surface area (Å²) in [5, 5.41) is 0. The highest BCUT2D eigenvalue weighted by atomic mass is 15.0. The van der Waals surface area contributed by atoms with Crippen LogP contribution in [0.15, 0.2) is 30.3 Å². The lowest BCUT2D eigenvalue weighted by molar-refractivity contribution is 0.572. The second-order valence-corrected chi connectivity index (χ2v) is 4.95. The molecule has 0 amide bonds. The lowest BCUT2D eigenvalue weighted by Gasteiger charge is -2.23. The molecule has 0 aliphatic heterocycles. The van der Waals surface area contributed by atoms with Gasteiger partial charge in [-0.2, -0.15) is 0 Å². The van der Waals surface area contributed by atoms with Crippen LogP contribution in [0.1, 0.15) is 36.9 Å². The summed E-state index contributed by atoms with van der Waals surface area (Å²) in [7, 11) is 0. The summed E-state index contributed by atoms with van der Waals surface area (Å²) in [6, 6.07) is 10.3. The van der Waals surface area contributed by atoms with Gasteiger partial charge in [0, 0.05) is 11.1 Å². The molecular formula is C15H17N3. The van der Waals surface area contributed by atoms with Crippen molar-refractivity contribution in [2.45, 2.75) is 32.1 Å². The van der Waals surface area contributed by atoms with Gasteiger partial charge < -0.3 is 5.73 Å². The Morgan fingerprint density at radius 1 is 1.17 bits per heavy atom. The molecular weight excluding hydrogens is 222 g/mol. The monoisotopic (exact) mass is 239 g/mol. The van der Waals surface area contributed by atoms with Crippen molar-refractivity contribution in [2.24, 2.45) is 0 Å². The molecule has 3 heteroatoms. The van der Waals surface area contributed by atoms with Crippen molar-refractivity contribution in [3.63, 3.8) is 0 Å². The zero-order chi connectivity index (χ0) is 12.5. The summed E-state index contributed by atoms with van der Waals surface area (Å²) in [5.74, 6) is 0.878. The number of fused-ring (bicyclic) bond motifs is 1. The Kier molecular flexibility index (Phi) is 2.74. The van der Waals surface area contributed by atoms with Crippen molar-refractivity contribution in [3.8, 4) is 11.3 Å². The van der Waals surface area contributed by atoms with Crippen LogP contribution in [0.2, 0.25) is 0 Å². The van der Waals surface area contributed by atoms with Gasteiger partial charge in [0.25, 0.3) is 0 Å². The number of hydrogen-bond donors (Lipinski definition) is 1. The highest BCUT2D eigenvalue weighted by Crippen LogP contribution is 2.35. The second-order valence-electron chi connectivity index (χ2n) is 4.95. The van der Waals surface area contributed by atoms with Crippen molar-refractivity contribution in [1.29, 1.82) is 0 Å². The van der Waals surface area contributed by atoms with E-state index in [4.69, 9.17) is 5.73 Å². The number of benzene rings is 1. The summed E-state index contributed by atoms with van der Waals surface area (Å²) in [6.45, 7) is 2.22. The van der Waals surface area contributed by atoms with Gasteiger partial charge in [0.15, 0.2) is 0 Å². The summed E-state index contributed by atoms with van der Waals surface area (Å²) in [4.78, 5) is 8.91. The third kappa shape index (κ3) is 1.86. The third-order valence-electron chi connectivity index (χ3n) is 3.63. The van der Waals surface area contributed by atoms with E-state index >= 15 is 0 Å². The fraction of sp³-hybridized carbons (Fsp3) is 0.333. The Hall–Kier alpha value is -1.90. The van der Waals surface area contributed by atoms with E-state index in [2.05, 4.69) is 29.0 Å². The maximum Gasteiger partial charge on any atom is 0.220 e. The van der Waals surface area contributed by atoms with Gasteiger partial charge in [-0.3, -0.25) is 0 Å². The molecule has 3 rings (SSSR count). The van der Waals surface area contributed by atoms with Crippen LogP contribution < -0.4 is 5.73 Å². The normalized spacial score (nSPS) is 18.4. The summed E-state index contributed by atoms with van der Waals surface area (Å²) >= 11 is 0. The Morgan fingerprint density at radius 3 is 2.72 bits per heavy atom. The fourth-order valence-electron chi connectivity index (χ4n) is 2.73. The number of nitrogen functional groups attached to an aromatic ring is 1. The molecule has 0 fully saturated rings. The van der Waals surface area contributed by atoms with Gasteiger partial charge in [-0.05, 0) is 25.2 Å². The Morgan fingerprint density at radius 2 is 1.94 bits per heavy atom. The fourth-order valence-corrected chi connectivity index (χ4v) is 2.73. The Labute approximate surface area is 107 Å². The van der Waals surface area contributed by atoms with Crippen LogP contribution in [0.3, 0.4) is 0 Å². The summed E-state index contributed by atoms with van der Waals surface area (Å²) < 4.78 is 0. The van der Waals surface area contributed by atoms with E-state index in [1.165, 1.54) is 18.4 Å². The number of anilines is 1. The zero-order valence-corrected chi connectivity index (χ0v) is 10.6. The maximum atomic E-state index is 5.86. The van der Waals surface area contributed by atoms with Crippen LogP contribution >= 0.6 is 0 Å². The highest BCUT2D eigenvalue weighted by Gasteiger charge is 2.22.